The number of hydrogen-bond acceptors (Lipinski definition) is 6. The Labute approximate surface area is 190 Å². The molecule has 0 unspecified atom stereocenters. The SMILES string of the molecule is Cc1nc(/C=C(/c2ccccc2C(F)(F)F)N2CCCC2)c([N+](=O)[O-])c(N2CCCCC2)n1. The van der Waals surface area contributed by atoms with Crippen LogP contribution in [0, 0.1) is 17.0 Å². The fourth-order valence-corrected chi connectivity index (χ4v) is 4.56. The van der Waals surface area contributed by atoms with Crippen LogP contribution < -0.4 is 4.90 Å². The first-order valence-electron chi connectivity index (χ1n) is 11.2. The Morgan fingerprint density at radius 3 is 2.30 bits per heavy atom. The predicted octanol–water partition coefficient (Wildman–Crippen LogP) is 5.30. The second-order valence-corrected chi connectivity index (χ2v) is 8.40. The number of hydrogen-bond donors (Lipinski definition) is 0. The quantitative estimate of drug-likeness (QED) is 0.445. The molecule has 176 valence electrons. The molecule has 3 heterocycles. The summed E-state index contributed by atoms with van der Waals surface area (Å²) in [5.74, 6) is 0.584. The fraction of sp³-hybridized carbons (Fsp3) is 0.478. The van der Waals surface area contributed by atoms with Crippen molar-refractivity contribution in [3.8, 4) is 0 Å². The van der Waals surface area contributed by atoms with Gasteiger partial charge in [-0.2, -0.15) is 13.2 Å². The lowest BCUT2D eigenvalue weighted by Crippen LogP contribution is -2.31. The zero-order chi connectivity index (χ0) is 23.6. The molecule has 0 spiro atoms. The van der Waals surface area contributed by atoms with Gasteiger partial charge in [0.1, 0.15) is 11.5 Å². The molecule has 2 fully saturated rings. The normalized spacial score (nSPS) is 17.5. The lowest BCUT2D eigenvalue weighted by molar-refractivity contribution is -0.384. The standard InChI is InChI=1S/C23H26F3N5O2/c1-16-27-19(21(31(32)33)22(28-16)30-13-5-2-6-14-30)15-20(29-11-7-8-12-29)17-9-3-4-10-18(17)23(24,25)26/h3-4,9-10,15H,2,5-8,11-14H2,1H3/b20-15-. The number of nitrogens with zero attached hydrogens (tertiary/aromatic N) is 5. The van der Waals surface area contributed by atoms with Crippen molar-refractivity contribution in [3.63, 3.8) is 0 Å². The van der Waals surface area contributed by atoms with E-state index >= 15 is 0 Å². The summed E-state index contributed by atoms with van der Waals surface area (Å²) < 4.78 is 41.5. The van der Waals surface area contributed by atoms with Crippen molar-refractivity contribution in [1.82, 2.24) is 14.9 Å². The lowest BCUT2D eigenvalue weighted by Gasteiger charge is -2.28. The number of halogens is 3. The Morgan fingerprint density at radius 2 is 1.67 bits per heavy atom. The molecular weight excluding hydrogens is 435 g/mol. The van der Waals surface area contributed by atoms with Crippen LogP contribution in [0.4, 0.5) is 24.7 Å². The minimum Gasteiger partial charge on any atom is -0.371 e. The van der Waals surface area contributed by atoms with Gasteiger partial charge in [-0.15, -0.1) is 0 Å². The smallest absolute Gasteiger partial charge is 0.371 e. The molecule has 0 bridgehead atoms. The van der Waals surface area contributed by atoms with Gasteiger partial charge in [-0.3, -0.25) is 10.1 Å². The monoisotopic (exact) mass is 461 g/mol. The average Bonchev–Trinajstić information content (AvgIpc) is 3.31. The highest BCUT2D eigenvalue weighted by Gasteiger charge is 2.36. The van der Waals surface area contributed by atoms with Gasteiger partial charge in [-0.05, 0) is 51.2 Å². The van der Waals surface area contributed by atoms with Crippen molar-refractivity contribution in [1.29, 1.82) is 0 Å². The molecule has 10 heteroatoms. The van der Waals surface area contributed by atoms with E-state index in [1.807, 2.05) is 9.80 Å². The van der Waals surface area contributed by atoms with E-state index in [9.17, 15) is 23.3 Å². The summed E-state index contributed by atoms with van der Waals surface area (Å²) in [6.07, 6.45) is 1.43. The molecule has 0 aliphatic carbocycles. The summed E-state index contributed by atoms with van der Waals surface area (Å²) in [7, 11) is 0. The maximum atomic E-state index is 13.8. The minimum atomic E-state index is -4.55. The van der Waals surface area contributed by atoms with Crippen LogP contribution in [0.25, 0.3) is 11.8 Å². The molecule has 0 radical (unpaired) electrons. The van der Waals surface area contributed by atoms with E-state index < -0.39 is 16.7 Å². The Hall–Kier alpha value is -3.17. The Kier molecular flexibility index (Phi) is 6.53. The van der Waals surface area contributed by atoms with Crippen LogP contribution in [0.15, 0.2) is 24.3 Å². The second kappa shape index (κ2) is 9.36. The highest BCUT2D eigenvalue weighted by atomic mass is 19.4. The molecular formula is C23H26F3N5O2. The van der Waals surface area contributed by atoms with Gasteiger partial charge < -0.3 is 9.80 Å². The number of piperidine rings is 1. The van der Waals surface area contributed by atoms with E-state index in [2.05, 4.69) is 9.97 Å². The van der Waals surface area contributed by atoms with Crippen molar-refractivity contribution in [2.75, 3.05) is 31.1 Å². The number of nitro groups is 1. The van der Waals surface area contributed by atoms with Gasteiger partial charge in [-0.25, -0.2) is 9.97 Å². The third-order valence-electron chi connectivity index (χ3n) is 6.07. The maximum absolute atomic E-state index is 13.8. The largest absolute Gasteiger partial charge is 0.417 e. The van der Waals surface area contributed by atoms with Gasteiger partial charge in [0.15, 0.2) is 0 Å². The first kappa shape index (κ1) is 23.0. The van der Waals surface area contributed by atoms with Crippen molar-refractivity contribution in [2.24, 2.45) is 0 Å². The molecule has 2 saturated heterocycles. The Bertz CT molecular complexity index is 1060. The summed E-state index contributed by atoms with van der Waals surface area (Å²) in [6.45, 7) is 4.10. The minimum absolute atomic E-state index is 0.00279. The molecule has 0 saturated carbocycles. The van der Waals surface area contributed by atoms with Gasteiger partial charge in [0.2, 0.25) is 5.82 Å². The number of alkyl halides is 3. The highest BCUT2D eigenvalue weighted by molar-refractivity contribution is 5.85. The summed E-state index contributed by atoms with van der Waals surface area (Å²) in [5, 5.41) is 12.1. The average molecular weight is 461 g/mol. The first-order chi connectivity index (χ1) is 15.8. The topological polar surface area (TPSA) is 75.4 Å². The number of benzene rings is 1. The van der Waals surface area contributed by atoms with Crippen LogP contribution >= 0.6 is 0 Å². The summed E-state index contributed by atoms with van der Waals surface area (Å²) in [5.41, 5.74) is -0.702. The van der Waals surface area contributed by atoms with Gasteiger partial charge in [0.05, 0.1) is 10.5 Å². The molecule has 2 aliphatic heterocycles. The zero-order valence-electron chi connectivity index (χ0n) is 18.4. The summed E-state index contributed by atoms with van der Waals surface area (Å²) in [4.78, 5) is 24.0. The fourth-order valence-electron chi connectivity index (χ4n) is 4.56. The van der Waals surface area contributed by atoms with E-state index in [-0.39, 0.29) is 22.8 Å². The second-order valence-electron chi connectivity index (χ2n) is 8.40. The number of rotatable bonds is 5. The van der Waals surface area contributed by atoms with Gasteiger partial charge in [-0.1, -0.05) is 18.2 Å². The number of aromatic nitrogens is 2. The summed E-state index contributed by atoms with van der Waals surface area (Å²) in [6, 6.07) is 5.35. The first-order valence-corrected chi connectivity index (χ1v) is 11.2. The van der Waals surface area contributed by atoms with E-state index in [4.69, 9.17) is 0 Å². The van der Waals surface area contributed by atoms with E-state index in [0.717, 1.165) is 38.2 Å². The number of likely N-dealkylation sites (tertiary alicyclic amines) is 1. The lowest BCUT2D eigenvalue weighted by atomic mass is 10.0. The molecule has 2 aliphatic rings. The Balaban J connectivity index is 1.92. The molecule has 2 aromatic rings. The molecule has 33 heavy (non-hydrogen) atoms. The third-order valence-corrected chi connectivity index (χ3v) is 6.07. The molecule has 1 aromatic heterocycles. The van der Waals surface area contributed by atoms with Crippen molar-refractivity contribution < 1.29 is 18.1 Å². The number of anilines is 1. The predicted molar refractivity (Wildman–Crippen MR) is 120 cm³/mol. The third kappa shape index (κ3) is 4.94. The van der Waals surface area contributed by atoms with Crippen molar-refractivity contribution in [3.05, 3.63) is 57.0 Å². The van der Waals surface area contributed by atoms with Crippen LogP contribution in [0.1, 0.15) is 54.7 Å². The summed E-state index contributed by atoms with van der Waals surface area (Å²) >= 11 is 0. The Morgan fingerprint density at radius 1 is 1.03 bits per heavy atom. The van der Waals surface area contributed by atoms with E-state index in [0.29, 0.717) is 37.7 Å². The molecule has 1 aromatic carbocycles. The maximum Gasteiger partial charge on any atom is 0.417 e. The molecule has 4 rings (SSSR count). The van der Waals surface area contributed by atoms with Crippen LogP contribution in [-0.2, 0) is 6.18 Å². The highest BCUT2D eigenvalue weighted by Crippen LogP contribution is 2.39. The van der Waals surface area contributed by atoms with E-state index in [1.165, 1.54) is 18.2 Å². The van der Waals surface area contributed by atoms with Crippen LogP contribution in [0.2, 0.25) is 0 Å². The van der Waals surface area contributed by atoms with Crippen LogP contribution in [0.5, 0.6) is 0 Å². The molecule has 0 atom stereocenters. The molecule has 0 amide bonds. The van der Waals surface area contributed by atoms with Crippen molar-refractivity contribution >= 4 is 23.3 Å². The molecule has 7 nitrogen and oxygen atoms in total. The van der Waals surface area contributed by atoms with E-state index in [1.54, 1.807) is 13.0 Å². The van der Waals surface area contributed by atoms with Gasteiger partial charge in [0, 0.05) is 37.4 Å². The van der Waals surface area contributed by atoms with Crippen LogP contribution in [-0.4, -0.2) is 46.0 Å². The van der Waals surface area contributed by atoms with Crippen molar-refractivity contribution in [2.45, 2.75) is 45.2 Å². The van der Waals surface area contributed by atoms with Crippen LogP contribution in [0.3, 0.4) is 0 Å². The van der Waals surface area contributed by atoms with Gasteiger partial charge >= 0.3 is 11.9 Å². The number of aryl methyl sites for hydroxylation is 1. The molecule has 0 N–H and O–H groups in total. The zero-order valence-corrected chi connectivity index (χ0v) is 18.4. The van der Waals surface area contributed by atoms with Gasteiger partial charge in [0.25, 0.3) is 0 Å².